The molecule has 3 aromatic carbocycles. The number of benzene rings is 3. The van der Waals surface area contributed by atoms with E-state index in [1.165, 1.54) is 10.5 Å². The third-order valence-electron chi connectivity index (χ3n) is 4.48. The molecule has 30 heavy (non-hydrogen) atoms. The Labute approximate surface area is 182 Å². The zero-order chi connectivity index (χ0) is 21.7. The van der Waals surface area contributed by atoms with Gasteiger partial charge in [0, 0.05) is 21.9 Å². The lowest BCUT2D eigenvalue weighted by Gasteiger charge is -2.13. The number of hydrogen-bond donors (Lipinski definition) is 2. The molecule has 2 N–H and O–H groups in total. The van der Waals surface area contributed by atoms with E-state index in [1.54, 1.807) is 36.9 Å². The fourth-order valence-corrected chi connectivity index (χ4v) is 4.39. The van der Waals surface area contributed by atoms with Crippen LogP contribution in [0.15, 0.2) is 71.6 Å². The van der Waals surface area contributed by atoms with Gasteiger partial charge in [-0.3, -0.25) is 9.52 Å². The summed E-state index contributed by atoms with van der Waals surface area (Å²) in [6.07, 6.45) is 1.08. The van der Waals surface area contributed by atoms with Crippen LogP contribution >= 0.6 is 11.8 Å². The number of aryl methyl sites for hydroxylation is 2. The molecule has 0 fully saturated rings. The molecule has 0 unspecified atom stereocenters. The third kappa shape index (κ3) is 6.11. The van der Waals surface area contributed by atoms with Crippen molar-refractivity contribution in [3.8, 4) is 0 Å². The smallest absolute Gasteiger partial charge is 0.255 e. The minimum atomic E-state index is -3.42. The summed E-state index contributed by atoms with van der Waals surface area (Å²) in [5.74, 6) is 0.554. The van der Waals surface area contributed by atoms with Crippen molar-refractivity contribution in [2.24, 2.45) is 0 Å². The second kappa shape index (κ2) is 9.36. The summed E-state index contributed by atoms with van der Waals surface area (Å²) in [5.41, 5.74) is 4.40. The Kier molecular flexibility index (Phi) is 6.84. The zero-order valence-electron chi connectivity index (χ0n) is 17.1. The second-order valence-corrected chi connectivity index (χ2v) is 9.91. The number of amides is 1. The fraction of sp³-hybridized carbons (Fsp3) is 0.174. The molecule has 0 saturated heterocycles. The SMILES string of the molecule is Cc1cc(CSc2ccccc2)ccc1NC(=O)c1ccc(C)c(NS(C)(=O)=O)c1. The Balaban J connectivity index is 1.70. The molecule has 0 aromatic heterocycles. The minimum Gasteiger partial charge on any atom is -0.322 e. The summed E-state index contributed by atoms with van der Waals surface area (Å²) in [4.78, 5) is 13.9. The number of carbonyl (C=O) groups excluding carboxylic acids is 1. The average molecular weight is 441 g/mol. The van der Waals surface area contributed by atoms with Crippen LogP contribution in [0.1, 0.15) is 27.0 Å². The van der Waals surface area contributed by atoms with Crippen LogP contribution in [0, 0.1) is 13.8 Å². The summed E-state index contributed by atoms with van der Waals surface area (Å²) in [5, 5.41) is 2.91. The predicted octanol–water partition coefficient (Wildman–Crippen LogP) is 5.22. The molecule has 0 spiro atoms. The first-order valence-corrected chi connectivity index (χ1v) is 12.3. The van der Waals surface area contributed by atoms with Crippen molar-refractivity contribution in [2.45, 2.75) is 24.5 Å². The number of carbonyl (C=O) groups is 1. The highest BCUT2D eigenvalue weighted by atomic mass is 32.2. The highest BCUT2D eigenvalue weighted by molar-refractivity contribution is 7.98. The normalized spacial score (nSPS) is 11.2. The van der Waals surface area contributed by atoms with E-state index in [2.05, 4.69) is 28.2 Å². The Morgan fingerprint density at radius 1 is 0.900 bits per heavy atom. The first kappa shape index (κ1) is 21.9. The van der Waals surface area contributed by atoms with Crippen LogP contribution in [0.4, 0.5) is 11.4 Å². The van der Waals surface area contributed by atoms with Gasteiger partial charge in [0.15, 0.2) is 0 Å². The van der Waals surface area contributed by atoms with Gasteiger partial charge in [0.25, 0.3) is 5.91 Å². The molecule has 3 aromatic rings. The molecule has 5 nitrogen and oxygen atoms in total. The van der Waals surface area contributed by atoms with E-state index in [4.69, 9.17) is 0 Å². The molecular weight excluding hydrogens is 416 g/mol. The summed E-state index contributed by atoms with van der Waals surface area (Å²) < 4.78 is 25.5. The van der Waals surface area contributed by atoms with Gasteiger partial charge in [-0.25, -0.2) is 8.42 Å². The second-order valence-electron chi connectivity index (χ2n) is 7.11. The van der Waals surface area contributed by atoms with Crippen molar-refractivity contribution < 1.29 is 13.2 Å². The van der Waals surface area contributed by atoms with Gasteiger partial charge in [0.05, 0.1) is 11.9 Å². The van der Waals surface area contributed by atoms with Crippen molar-refractivity contribution in [3.63, 3.8) is 0 Å². The average Bonchev–Trinajstić information content (AvgIpc) is 2.69. The van der Waals surface area contributed by atoms with Gasteiger partial charge in [-0.2, -0.15) is 0 Å². The van der Waals surface area contributed by atoms with Crippen LogP contribution in [0.5, 0.6) is 0 Å². The van der Waals surface area contributed by atoms with Crippen molar-refractivity contribution in [3.05, 3.63) is 89.0 Å². The van der Waals surface area contributed by atoms with Gasteiger partial charge >= 0.3 is 0 Å². The van der Waals surface area contributed by atoms with Gasteiger partial charge in [0.1, 0.15) is 0 Å². The highest BCUT2D eigenvalue weighted by Crippen LogP contribution is 2.25. The third-order valence-corrected chi connectivity index (χ3v) is 6.16. The van der Waals surface area contributed by atoms with E-state index in [0.717, 1.165) is 28.8 Å². The minimum absolute atomic E-state index is 0.291. The number of anilines is 2. The van der Waals surface area contributed by atoms with Crippen LogP contribution in [-0.4, -0.2) is 20.6 Å². The molecule has 7 heteroatoms. The Bertz CT molecular complexity index is 1160. The monoisotopic (exact) mass is 440 g/mol. The molecule has 0 aliphatic heterocycles. The summed E-state index contributed by atoms with van der Waals surface area (Å²) >= 11 is 1.76. The van der Waals surface area contributed by atoms with Gasteiger partial charge in [-0.05, 0) is 60.9 Å². The van der Waals surface area contributed by atoms with Gasteiger partial charge < -0.3 is 5.32 Å². The molecule has 1 amide bonds. The molecule has 156 valence electrons. The van der Waals surface area contributed by atoms with Crippen LogP contribution in [0.25, 0.3) is 0 Å². The maximum absolute atomic E-state index is 12.7. The van der Waals surface area contributed by atoms with Gasteiger partial charge in [0.2, 0.25) is 10.0 Å². The van der Waals surface area contributed by atoms with Gasteiger partial charge in [-0.1, -0.05) is 36.4 Å². The lowest BCUT2D eigenvalue weighted by Crippen LogP contribution is -2.15. The quantitative estimate of drug-likeness (QED) is 0.494. The molecule has 0 heterocycles. The number of sulfonamides is 1. The number of hydrogen-bond acceptors (Lipinski definition) is 4. The zero-order valence-corrected chi connectivity index (χ0v) is 18.7. The lowest BCUT2D eigenvalue weighted by molar-refractivity contribution is 0.102. The maximum atomic E-state index is 12.7. The van der Waals surface area contributed by atoms with Crippen molar-refractivity contribution in [1.82, 2.24) is 0 Å². The maximum Gasteiger partial charge on any atom is 0.255 e. The van der Waals surface area contributed by atoms with Crippen LogP contribution in [0.3, 0.4) is 0 Å². The Morgan fingerprint density at radius 3 is 2.30 bits per heavy atom. The fourth-order valence-electron chi connectivity index (χ4n) is 2.91. The van der Waals surface area contributed by atoms with Crippen molar-refractivity contribution in [2.75, 3.05) is 16.3 Å². The first-order valence-electron chi connectivity index (χ1n) is 9.38. The Hall–Kier alpha value is -2.77. The molecule has 0 radical (unpaired) electrons. The molecule has 3 rings (SSSR count). The molecule has 0 saturated carbocycles. The van der Waals surface area contributed by atoms with E-state index in [9.17, 15) is 13.2 Å². The van der Waals surface area contributed by atoms with Crippen LogP contribution in [0.2, 0.25) is 0 Å². The standard InChI is InChI=1S/C23H24N2O3S2/c1-16-9-11-19(14-22(16)25-30(3,27)28)23(26)24-21-12-10-18(13-17(21)2)15-29-20-7-5-4-6-8-20/h4-14,25H,15H2,1-3H3,(H,24,26). The lowest BCUT2D eigenvalue weighted by atomic mass is 10.1. The van der Waals surface area contributed by atoms with E-state index in [1.807, 2.05) is 37.3 Å². The van der Waals surface area contributed by atoms with Crippen molar-refractivity contribution in [1.29, 1.82) is 0 Å². The van der Waals surface area contributed by atoms with Crippen molar-refractivity contribution >= 4 is 39.1 Å². The largest absolute Gasteiger partial charge is 0.322 e. The van der Waals surface area contributed by atoms with E-state index >= 15 is 0 Å². The van der Waals surface area contributed by atoms with E-state index < -0.39 is 10.0 Å². The number of rotatable bonds is 7. The molecule has 0 aliphatic rings. The van der Waals surface area contributed by atoms with Crippen LogP contribution in [-0.2, 0) is 15.8 Å². The number of nitrogens with one attached hydrogen (secondary N) is 2. The Morgan fingerprint density at radius 2 is 1.63 bits per heavy atom. The van der Waals surface area contributed by atoms with Crippen LogP contribution < -0.4 is 10.0 Å². The van der Waals surface area contributed by atoms with Gasteiger partial charge in [-0.15, -0.1) is 11.8 Å². The predicted molar refractivity (Wildman–Crippen MR) is 125 cm³/mol. The topological polar surface area (TPSA) is 75.3 Å². The number of thioether (sulfide) groups is 1. The van der Waals surface area contributed by atoms with E-state index in [0.29, 0.717) is 11.3 Å². The van der Waals surface area contributed by atoms with E-state index in [-0.39, 0.29) is 5.91 Å². The molecule has 0 aliphatic carbocycles. The summed E-state index contributed by atoms with van der Waals surface area (Å²) in [6, 6.07) is 21.1. The summed E-state index contributed by atoms with van der Waals surface area (Å²) in [7, 11) is -3.42. The molecular formula is C23H24N2O3S2. The molecule has 0 bridgehead atoms. The first-order chi connectivity index (χ1) is 14.2. The summed E-state index contributed by atoms with van der Waals surface area (Å²) in [6.45, 7) is 3.74. The molecule has 0 atom stereocenters. The highest BCUT2D eigenvalue weighted by Gasteiger charge is 2.12.